The smallest absolute Gasteiger partial charge is 0.320 e. The normalized spacial score (nSPS) is 13.9. The van der Waals surface area contributed by atoms with Crippen molar-refractivity contribution in [1.29, 1.82) is 0 Å². The third-order valence-electron chi connectivity index (χ3n) is 4.17. The minimum atomic E-state index is -1.17. The van der Waals surface area contributed by atoms with Crippen molar-refractivity contribution in [3.63, 3.8) is 0 Å². The highest BCUT2D eigenvalue weighted by Gasteiger charge is 2.28. The molecule has 9 nitrogen and oxygen atoms in total. The first-order valence-electron chi connectivity index (χ1n) is 9.47. The second-order valence-corrected chi connectivity index (χ2v) is 7.26. The van der Waals surface area contributed by atoms with Crippen LogP contribution < -0.4 is 16.0 Å². The van der Waals surface area contributed by atoms with Crippen LogP contribution in [0.2, 0.25) is 0 Å². The molecule has 0 aliphatic rings. The van der Waals surface area contributed by atoms with Crippen LogP contribution in [0.25, 0.3) is 0 Å². The lowest BCUT2D eigenvalue weighted by Crippen LogP contribution is -2.54. The van der Waals surface area contributed by atoms with Gasteiger partial charge >= 0.3 is 11.9 Å². The fraction of sp³-hybridized carbons (Fsp3) is 0.500. The highest BCUT2D eigenvalue weighted by atomic mass is 16.4. The van der Waals surface area contributed by atoms with Gasteiger partial charge in [0, 0.05) is 12.1 Å². The lowest BCUT2D eigenvalue weighted by molar-refractivity contribution is -0.139. The Kier molecular flexibility index (Phi) is 9.81. The maximum Gasteiger partial charge on any atom is 0.320 e. The summed E-state index contributed by atoms with van der Waals surface area (Å²) in [6.45, 7) is 5.17. The van der Waals surface area contributed by atoms with Gasteiger partial charge in [-0.15, -0.1) is 0 Å². The number of rotatable bonds is 12. The molecule has 160 valence electrons. The van der Waals surface area contributed by atoms with Gasteiger partial charge in [-0.3, -0.25) is 24.5 Å². The molecule has 0 heterocycles. The van der Waals surface area contributed by atoms with Crippen LogP contribution in [0.1, 0.15) is 40.0 Å². The van der Waals surface area contributed by atoms with E-state index in [-0.39, 0.29) is 18.8 Å². The molecule has 5 N–H and O–H groups in total. The Hall–Kier alpha value is -2.94. The Bertz CT molecular complexity index is 707. The van der Waals surface area contributed by atoms with Crippen LogP contribution >= 0.6 is 0 Å². The van der Waals surface area contributed by atoms with Crippen molar-refractivity contribution in [3.05, 3.63) is 30.3 Å². The van der Waals surface area contributed by atoms with Crippen LogP contribution in [0.15, 0.2) is 30.3 Å². The number of carboxylic acid groups (broad SMARTS) is 2. The average molecular weight is 407 g/mol. The summed E-state index contributed by atoms with van der Waals surface area (Å²) in [5.41, 5.74) is 0.584. The molecule has 1 aromatic rings. The van der Waals surface area contributed by atoms with Gasteiger partial charge in [0.25, 0.3) is 0 Å². The Morgan fingerprint density at radius 3 is 2.07 bits per heavy atom. The van der Waals surface area contributed by atoms with Crippen LogP contribution in [0.4, 0.5) is 5.69 Å². The fourth-order valence-corrected chi connectivity index (χ4v) is 2.66. The number of hydrogen-bond acceptors (Lipinski definition) is 5. The van der Waals surface area contributed by atoms with Crippen LogP contribution in [-0.2, 0) is 19.2 Å². The second kappa shape index (κ2) is 11.8. The molecule has 3 atom stereocenters. The molecule has 0 radical (unpaired) electrons. The molecular formula is C20H29N3O6. The number of nitrogens with one attached hydrogen (secondary N) is 3. The summed E-state index contributed by atoms with van der Waals surface area (Å²) < 4.78 is 0. The van der Waals surface area contributed by atoms with Gasteiger partial charge in [-0.25, -0.2) is 0 Å². The molecule has 0 unspecified atom stereocenters. The molecule has 9 heteroatoms. The summed E-state index contributed by atoms with van der Waals surface area (Å²) in [7, 11) is 0. The van der Waals surface area contributed by atoms with Gasteiger partial charge in [0.05, 0.1) is 6.04 Å². The molecule has 0 aromatic heterocycles. The molecular weight excluding hydrogens is 378 g/mol. The Morgan fingerprint density at radius 2 is 1.55 bits per heavy atom. The standard InChI is InChI=1S/C20H29N3O6/c1-12(2)11-16(19(27)22-14-7-5-4-6-8-14)23-18(26)15(9-10-17(24)25)21-13(3)20(28)29/h4-8,12-13,15-16,21H,9-11H2,1-3H3,(H,22,27)(H,23,26)(H,24,25)(H,28,29)/t13-,15+,16+/m1/s1. The molecule has 0 saturated carbocycles. The minimum absolute atomic E-state index is 0.102. The van der Waals surface area contributed by atoms with Gasteiger partial charge in [-0.1, -0.05) is 32.0 Å². The van der Waals surface area contributed by atoms with E-state index in [1.165, 1.54) is 6.92 Å². The monoisotopic (exact) mass is 407 g/mol. The summed E-state index contributed by atoms with van der Waals surface area (Å²) in [4.78, 5) is 47.4. The van der Waals surface area contributed by atoms with E-state index in [2.05, 4.69) is 16.0 Å². The average Bonchev–Trinajstić information content (AvgIpc) is 2.64. The summed E-state index contributed by atoms with van der Waals surface area (Å²) in [6, 6.07) is 5.83. The maximum absolute atomic E-state index is 12.7. The minimum Gasteiger partial charge on any atom is -0.481 e. The Morgan fingerprint density at radius 1 is 0.931 bits per heavy atom. The molecule has 0 spiro atoms. The van der Waals surface area contributed by atoms with Crippen molar-refractivity contribution in [2.24, 2.45) is 5.92 Å². The van der Waals surface area contributed by atoms with E-state index in [9.17, 15) is 19.2 Å². The molecule has 0 saturated heterocycles. The number of carbonyl (C=O) groups excluding carboxylic acids is 2. The van der Waals surface area contributed by atoms with Crippen LogP contribution in [0.3, 0.4) is 0 Å². The Balaban J connectivity index is 2.90. The highest BCUT2D eigenvalue weighted by Crippen LogP contribution is 2.11. The fourth-order valence-electron chi connectivity index (χ4n) is 2.66. The van der Waals surface area contributed by atoms with Crippen molar-refractivity contribution in [1.82, 2.24) is 10.6 Å². The molecule has 0 fully saturated rings. The van der Waals surface area contributed by atoms with Crippen LogP contribution in [0, 0.1) is 5.92 Å². The van der Waals surface area contributed by atoms with Gasteiger partial charge in [0.2, 0.25) is 11.8 Å². The van der Waals surface area contributed by atoms with Crippen molar-refractivity contribution in [3.8, 4) is 0 Å². The first-order chi connectivity index (χ1) is 13.6. The van der Waals surface area contributed by atoms with E-state index in [4.69, 9.17) is 10.2 Å². The summed E-state index contributed by atoms with van der Waals surface area (Å²) in [5.74, 6) is -3.19. The second-order valence-electron chi connectivity index (χ2n) is 7.26. The van der Waals surface area contributed by atoms with E-state index in [0.717, 1.165) is 0 Å². The lowest BCUT2D eigenvalue weighted by Gasteiger charge is -2.25. The number of para-hydroxylation sites is 1. The molecule has 1 rings (SSSR count). The zero-order valence-corrected chi connectivity index (χ0v) is 16.8. The predicted molar refractivity (Wildman–Crippen MR) is 107 cm³/mol. The first-order valence-corrected chi connectivity index (χ1v) is 9.47. The molecule has 0 aliphatic carbocycles. The maximum atomic E-state index is 12.7. The topological polar surface area (TPSA) is 145 Å². The number of aliphatic carboxylic acids is 2. The van der Waals surface area contributed by atoms with Crippen molar-refractivity contribution in [2.75, 3.05) is 5.32 Å². The van der Waals surface area contributed by atoms with E-state index >= 15 is 0 Å². The number of amides is 2. The summed E-state index contributed by atoms with van der Waals surface area (Å²) >= 11 is 0. The zero-order valence-electron chi connectivity index (χ0n) is 16.8. The van der Waals surface area contributed by atoms with Gasteiger partial charge in [-0.2, -0.15) is 0 Å². The molecule has 29 heavy (non-hydrogen) atoms. The first kappa shape index (κ1) is 24.1. The van der Waals surface area contributed by atoms with Crippen LogP contribution in [0.5, 0.6) is 0 Å². The number of carboxylic acids is 2. The molecule has 2 amide bonds. The number of benzene rings is 1. The molecule has 0 aliphatic heterocycles. The summed E-state index contributed by atoms with van der Waals surface area (Å²) in [5, 5.41) is 26.0. The van der Waals surface area contributed by atoms with Gasteiger partial charge < -0.3 is 20.8 Å². The zero-order chi connectivity index (χ0) is 22.0. The summed E-state index contributed by atoms with van der Waals surface area (Å²) in [6.07, 6.45) is -0.0550. The largest absolute Gasteiger partial charge is 0.481 e. The molecule has 0 bridgehead atoms. The van der Waals surface area contributed by atoms with Gasteiger partial charge in [-0.05, 0) is 37.8 Å². The number of hydrogen-bond donors (Lipinski definition) is 5. The Labute approximate surface area is 169 Å². The van der Waals surface area contributed by atoms with Crippen molar-refractivity contribution >= 4 is 29.4 Å². The molecule has 1 aromatic carbocycles. The van der Waals surface area contributed by atoms with E-state index < -0.39 is 41.9 Å². The van der Waals surface area contributed by atoms with E-state index in [1.54, 1.807) is 24.3 Å². The highest BCUT2D eigenvalue weighted by molar-refractivity contribution is 5.98. The predicted octanol–water partition coefficient (Wildman–Crippen LogP) is 1.45. The van der Waals surface area contributed by atoms with Crippen LogP contribution in [-0.4, -0.2) is 52.1 Å². The van der Waals surface area contributed by atoms with Gasteiger partial charge in [0.1, 0.15) is 12.1 Å². The van der Waals surface area contributed by atoms with Crippen molar-refractivity contribution in [2.45, 2.75) is 58.2 Å². The SMILES string of the molecule is CC(C)C[C@H](NC(=O)[C@H](CCC(=O)O)N[C@H](C)C(=O)O)C(=O)Nc1ccccc1. The van der Waals surface area contributed by atoms with Gasteiger partial charge in [0.15, 0.2) is 0 Å². The third kappa shape index (κ3) is 9.20. The van der Waals surface area contributed by atoms with E-state index in [1.807, 2.05) is 19.9 Å². The quantitative estimate of drug-likeness (QED) is 0.353. The number of carbonyl (C=O) groups is 4. The lowest BCUT2D eigenvalue weighted by atomic mass is 10.0. The van der Waals surface area contributed by atoms with Crippen molar-refractivity contribution < 1.29 is 29.4 Å². The number of anilines is 1. The van der Waals surface area contributed by atoms with E-state index in [0.29, 0.717) is 12.1 Å². The third-order valence-corrected chi connectivity index (χ3v) is 4.17.